The second-order valence-electron chi connectivity index (χ2n) is 5.55. The monoisotopic (exact) mass is 374 g/mol. The first-order valence-electron chi connectivity index (χ1n) is 7.49. The molecule has 2 aromatic carbocycles. The minimum atomic E-state index is -1.32. The predicted molar refractivity (Wildman–Crippen MR) is 93.7 cm³/mol. The standard InChI is InChI=1S/C18H14ClNO4S/c1-10-12(19)6-4-7-13(10)20-16(21)9-15(17(20)22)25-14-8-3-2-5-11(14)18(23)24/h2-8,15H,9H2,1H3,(H,23,24)/p-1/t15-/m0/s1. The van der Waals surface area contributed by atoms with Gasteiger partial charge in [-0.1, -0.05) is 35.9 Å². The number of hydrogen-bond acceptors (Lipinski definition) is 5. The minimum absolute atomic E-state index is 0.00314. The molecule has 7 heteroatoms. The summed E-state index contributed by atoms with van der Waals surface area (Å²) >= 11 is 7.14. The first-order chi connectivity index (χ1) is 11.9. The normalized spacial score (nSPS) is 17.2. The topological polar surface area (TPSA) is 77.5 Å². The highest BCUT2D eigenvalue weighted by molar-refractivity contribution is 8.00. The Morgan fingerprint density at radius 1 is 1.20 bits per heavy atom. The van der Waals surface area contributed by atoms with E-state index in [1.165, 1.54) is 6.07 Å². The molecule has 0 bridgehead atoms. The van der Waals surface area contributed by atoms with Crippen molar-refractivity contribution in [1.29, 1.82) is 0 Å². The van der Waals surface area contributed by atoms with Gasteiger partial charge in [-0.3, -0.25) is 9.59 Å². The molecule has 128 valence electrons. The number of aromatic carboxylic acids is 1. The SMILES string of the molecule is Cc1c(Cl)cccc1N1C(=O)C[C@H](Sc2ccccc2C(=O)[O-])C1=O. The summed E-state index contributed by atoms with van der Waals surface area (Å²) in [5.74, 6) is -2.03. The Balaban J connectivity index is 1.90. The second kappa shape index (κ2) is 6.90. The first kappa shape index (κ1) is 17.5. The Labute approximate surface area is 153 Å². The van der Waals surface area contributed by atoms with Crippen molar-refractivity contribution in [1.82, 2.24) is 0 Å². The predicted octanol–water partition coefficient (Wildman–Crippen LogP) is 2.44. The van der Waals surface area contributed by atoms with Gasteiger partial charge in [-0.15, -0.1) is 11.8 Å². The number of anilines is 1. The van der Waals surface area contributed by atoms with E-state index in [4.69, 9.17) is 11.6 Å². The van der Waals surface area contributed by atoms with Gasteiger partial charge < -0.3 is 9.90 Å². The van der Waals surface area contributed by atoms with Crippen molar-refractivity contribution in [3.05, 3.63) is 58.6 Å². The van der Waals surface area contributed by atoms with Crippen LogP contribution in [0.25, 0.3) is 0 Å². The molecule has 5 nitrogen and oxygen atoms in total. The summed E-state index contributed by atoms with van der Waals surface area (Å²) < 4.78 is 0. The van der Waals surface area contributed by atoms with E-state index in [0.717, 1.165) is 16.7 Å². The molecule has 0 saturated carbocycles. The number of thioether (sulfide) groups is 1. The van der Waals surface area contributed by atoms with Gasteiger partial charge in [0, 0.05) is 21.9 Å². The molecule has 1 heterocycles. The number of carbonyl (C=O) groups is 3. The van der Waals surface area contributed by atoms with Gasteiger partial charge in [0.2, 0.25) is 11.8 Å². The zero-order chi connectivity index (χ0) is 18.1. The van der Waals surface area contributed by atoms with Crippen molar-refractivity contribution in [2.45, 2.75) is 23.5 Å². The summed E-state index contributed by atoms with van der Waals surface area (Å²) in [5.41, 5.74) is 1.11. The van der Waals surface area contributed by atoms with Crippen molar-refractivity contribution in [2.24, 2.45) is 0 Å². The van der Waals surface area contributed by atoms with Crippen molar-refractivity contribution in [3.8, 4) is 0 Å². The van der Waals surface area contributed by atoms with Crippen molar-refractivity contribution in [2.75, 3.05) is 4.90 Å². The van der Waals surface area contributed by atoms with Crippen LogP contribution in [0.15, 0.2) is 47.4 Å². The Bertz CT molecular complexity index is 883. The molecule has 0 radical (unpaired) electrons. The van der Waals surface area contributed by atoms with E-state index < -0.39 is 11.2 Å². The fourth-order valence-corrected chi connectivity index (χ4v) is 4.02. The number of amides is 2. The van der Waals surface area contributed by atoms with Crippen LogP contribution in [-0.2, 0) is 9.59 Å². The van der Waals surface area contributed by atoms with Crippen LogP contribution in [0.5, 0.6) is 0 Å². The molecular weight excluding hydrogens is 362 g/mol. The van der Waals surface area contributed by atoms with Crippen LogP contribution in [0.1, 0.15) is 22.3 Å². The second-order valence-corrected chi connectivity index (χ2v) is 7.20. The van der Waals surface area contributed by atoms with Gasteiger partial charge in [-0.2, -0.15) is 0 Å². The maximum Gasteiger partial charge on any atom is 0.247 e. The largest absolute Gasteiger partial charge is 0.545 e. The lowest BCUT2D eigenvalue weighted by molar-refractivity contribution is -0.255. The lowest BCUT2D eigenvalue weighted by Gasteiger charge is -2.18. The number of imide groups is 1. The van der Waals surface area contributed by atoms with Crippen LogP contribution >= 0.6 is 23.4 Å². The summed E-state index contributed by atoms with van der Waals surface area (Å²) in [6.07, 6.45) is -0.00314. The number of rotatable bonds is 4. The number of carboxylic acid groups (broad SMARTS) is 1. The summed E-state index contributed by atoms with van der Waals surface area (Å²) in [7, 11) is 0. The van der Waals surface area contributed by atoms with Crippen LogP contribution in [0, 0.1) is 6.92 Å². The first-order valence-corrected chi connectivity index (χ1v) is 8.75. The summed E-state index contributed by atoms with van der Waals surface area (Å²) in [4.78, 5) is 37.9. The number of halogens is 1. The van der Waals surface area contributed by atoms with Gasteiger partial charge in [-0.25, -0.2) is 4.90 Å². The molecule has 1 fully saturated rings. The van der Waals surface area contributed by atoms with E-state index in [9.17, 15) is 19.5 Å². The third-order valence-corrected chi connectivity index (χ3v) is 5.63. The maximum atomic E-state index is 12.7. The van der Waals surface area contributed by atoms with E-state index >= 15 is 0 Å². The summed E-state index contributed by atoms with van der Waals surface area (Å²) in [6, 6.07) is 11.3. The Hall–Kier alpha value is -2.31. The van der Waals surface area contributed by atoms with E-state index in [-0.39, 0.29) is 23.8 Å². The molecule has 0 unspecified atom stereocenters. The van der Waals surface area contributed by atoms with Crippen LogP contribution in [0.4, 0.5) is 5.69 Å². The van der Waals surface area contributed by atoms with Gasteiger partial charge in [0.05, 0.1) is 16.9 Å². The molecule has 2 aromatic rings. The molecule has 0 aromatic heterocycles. The van der Waals surface area contributed by atoms with Crippen molar-refractivity contribution < 1.29 is 19.5 Å². The molecule has 1 atom stereocenters. The molecule has 0 N–H and O–H groups in total. The molecule has 2 amide bonds. The molecule has 0 spiro atoms. The summed E-state index contributed by atoms with van der Waals surface area (Å²) in [5, 5.41) is 11.0. The molecule has 0 aliphatic carbocycles. The zero-order valence-electron chi connectivity index (χ0n) is 13.2. The summed E-state index contributed by atoms with van der Waals surface area (Å²) in [6.45, 7) is 1.74. The van der Waals surface area contributed by atoms with Crippen molar-refractivity contribution in [3.63, 3.8) is 0 Å². The Kier molecular flexibility index (Phi) is 4.83. The van der Waals surface area contributed by atoms with Crippen molar-refractivity contribution >= 4 is 46.8 Å². The van der Waals surface area contributed by atoms with E-state index in [1.54, 1.807) is 43.3 Å². The lowest BCUT2D eigenvalue weighted by atomic mass is 10.2. The third-order valence-electron chi connectivity index (χ3n) is 3.96. The highest BCUT2D eigenvalue weighted by atomic mass is 35.5. The van der Waals surface area contributed by atoms with Gasteiger partial charge >= 0.3 is 0 Å². The van der Waals surface area contributed by atoms with Gasteiger partial charge in [0.1, 0.15) is 0 Å². The van der Waals surface area contributed by atoms with Crippen LogP contribution in [0.2, 0.25) is 5.02 Å². The smallest absolute Gasteiger partial charge is 0.247 e. The van der Waals surface area contributed by atoms with Crippen LogP contribution in [0.3, 0.4) is 0 Å². The van der Waals surface area contributed by atoms with E-state index in [2.05, 4.69) is 0 Å². The molecular formula is C18H13ClNO4S-. The van der Waals surface area contributed by atoms with Crippen LogP contribution in [-0.4, -0.2) is 23.0 Å². The average Bonchev–Trinajstić information content (AvgIpc) is 2.85. The molecule has 1 aliphatic heterocycles. The lowest BCUT2D eigenvalue weighted by Crippen LogP contribution is -2.31. The van der Waals surface area contributed by atoms with Gasteiger partial charge in [0.15, 0.2) is 0 Å². The van der Waals surface area contributed by atoms with Gasteiger partial charge in [-0.05, 0) is 30.7 Å². The van der Waals surface area contributed by atoms with E-state index in [1.807, 2.05) is 0 Å². The molecule has 3 rings (SSSR count). The molecule has 1 saturated heterocycles. The minimum Gasteiger partial charge on any atom is -0.545 e. The Morgan fingerprint density at radius 2 is 1.92 bits per heavy atom. The fourth-order valence-electron chi connectivity index (χ4n) is 2.68. The number of benzene rings is 2. The Morgan fingerprint density at radius 3 is 2.64 bits per heavy atom. The fraction of sp³-hybridized carbons (Fsp3) is 0.167. The maximum absolute atomic E-state index is 12.7. The number of nitrogens with zero attached hydrogens (tertiary/aromatic N) is 1. The molecule has 1 aliphatic rings. The third kappa shape index (κ3) is 3.27. The highest BCUT2D eigenvalue weighted by Crippen LogP contribution is 2.37. The number of hydrogen-bond donors (Lipinski definition) is 0. The van der Waals surface area contributed by atoms with Gasteiger partial charge in [0.25, 0.3) is 0 Å². The number of carboxylic acids is 1. The molecule has 25 heavy (non-hydrogen) atoms. The highest BCUT2D eigenvalue weighted by Gasteiger charge is 2.41. The van der Waals surface area contributed by atoms with E-state index in [0.29, 0.717) is 21.2 Å². The zero-order valence-corrected chi connectivity index (χ0v) is 14.8. The average molecular weight is 375 g/mol. The quantitative estimate of drug-likeness (QED) is 0.768. The number of carbonyl (C=O) groups excluding carboxylic acids is 3. The van der Waals surface area contributed by atoms with Crippen LogP contribution < -0.4 is 10.0 Å².